The van der Waals surface area contributed by atoms with E-state index in [0.717, 1.165) is 61.8 Å². The van der Waals surface area contributed by atoms with E-state index in [1.54, 1.807) is 14.7 Å². The number of piperidine rings is 2. The molecule has 2 saturated heterocycles. The van der Waals surface area contributed by atoms with Crippen LogP contribution in [-0.4, -0.2) is 82.9 Å². The summed E-state index contributed by atoms with van der Waals surface area (Å²) in [4.78, 5) is 56.8. The predicted octanol–water partition coefficient (Wildman–Crippen LogP) is 12.0. The van der Waals surface area contributed by atoms with Crippen molar-refractivity contribution < 1.29 is 49.9 Å². The van der Waals surface area contributed by atoms with E-state index in [0.29, 0.717) is 37.6 Å². The van der Waals surface area contributed by atoms with Crippen molar-refractivity contribution in [2.75, 3.05) is 42.5 Å². The Hall–Kier alpha value is -6.72. The first-order valence-corrected chi connectivity index (χ1v) is 23.7. The van der Waals surface area contributed by atoms with Gasteiger partial charge in [0.15, 0.2) is 5.78 Å². The topological polar surface area (TPSA) is 132 Å². The molecule has 12 nitrogen and oxygen atoms in total. The zero-order chi connectivity index (χ0) is 51.6. The average Bonchev–Trinajstić information content (AvgIpc) is 3.86. The lowest BCUT2D eigenvalue weighted by molar-refractivity contribution is -0.131. The number of anilines is 2. The first-order chi connectivity index (χ1) is 33.6. The summed E-state index contributed by atoms with van der Waals surface area (Å²) in [5, 5.41) is 8.67. The van der Waals surface area contributed by atoms with E-state index < -0.39 is 48.6 Å². The molecule has 71 heavy (non-hydrogen) atoms. The number of carbonyl (C=O) groups is 4. The van der Waals surface area contributed by atoms with Gasteiger partial charge in [-0.3, -0.25) is 19.4 Å². The molecule has 2 aliphatic heterocycles. The summed E-state index contributed by atoms with van der Waals surface area (Å²) in [5.74, 6) is -4.57. The number of ketones is 1. The number of alkyl halides is 4. The fraction of sp³-hybridized carbons (Fsp3) is 0.434. The van der Waals surface area contributed by atoms with Crippen molar-refractivity contribution in [1.82, 2.24) is 25.3 Å². The second-order valence-corrected chi connectivity index (χ2v) is 19.7. The number of amides is 5. The molecule has 18 heteroatoms. The monoisotopic (exact) mass is 989 g/mol. The van der Waals surface area contributed by atoms with Crippen LogP contribution >= 0.6 is 0 Å². The molecule has 5 aromatic rings. The molecule has 0 bridgehead atoms. The molecule has 4 aromatic carbocycles. The van der Waals surface area contributed by atoms with Gasteiger partial charge in [0.2, 0.25) is 5.89 Å². The molecule has 0 atom stereocenters. The van der Waals surface area contributed by atoms with Gasteiger partial charge in [-0.15, -0.1) is 10.2 Å². The number of Topliss-reactive ketones (excluding diaryl/α,β-unsaturated/α-hetero) is 1. The summed E-state index contributed by atoms with van der Waals surface area (Å²) in [6.07, 6.45) is -0.287. The largest absolute Gasteiger partial charge is 0.415 e. The van der Waals surface area contributed by atoms with Gasteiger partial charge in [0.1, 0.15) is 11.6 Å². The number of aromatic nitrogens is 2. The second-order valence-electron chi connectivity index (χ2n) is 19.7. The van der Waals surface area contributed by atoms with Gasteiger partial charge in [-0.25, -0.2) is 18.4 Å². The number of nitrogens with one attached hydrogen (secondary N) is 1. The van der Waals surface area contributed by atoms with Crippen LogP contribution in [0.25, 0.3) is 11.5 Å². The van der Waals surface area contributed by atoms with Gasteiger partial charge in [-0.1, -0.05) is 84.0 Å². The van der Waals surface area contributed by atoms with Gasteiger partial charge in [0.05, 0.1) is 19.6 Å². The molecule has 380 valence electrons. The van der Waals surface area contributed by atoms with Crippen LogP contribution in [0.1, 0.15) is 125 Å². The molecule has 0 aliphatic carbocycles. The standard InChI is InChI=1S/C27H32F3N3O3.C26H29F3N4O2/c1-27(2,3)20-9-11-21(12-10-20)33(26(36)32-13-5-4-6-14-32)17-19-8-7-18(15-22(19)28)23(34)16-31-25(35)24(29)30;1-26(2,3)19-9-11-20(12-10-19)33(25(34)32-13-5-4-6-14-32)16-18-8-7-17(15-21(18)27)23-30-31-24(35-23)22(28)29/h7-12,15,24H,4-6,13-14,16-17H2,1-3H3,(H,31,35);7-12,15,22H,4-6,13-14,16H2,1-3H3. The Morgan fingerprint density at radius 3 is 1.46 bits per heavy atom. The summed E-state index contributed by atoms with van der Waals surface area (Å²) in [6.45, 7) is 14.5. The van der Waals surface area contributed by atoms with Crippen LogP contribution in [0.4, 0.5) is 47.3 Å². The first-order valence-electron chi connectivity index (χ1n) is 23.7. The van der Waals surface area contributed by atoms with E-state index >= 15 is 8.78 Å². The molecule has 0 radical (unpaired) electrons. The summed E-state index contributed by atoms with van der Waals surface area (Å²) in [6, 6.07) is 22.9. The third kappa shape index (κ3) is 14.2. The zero-order valence-electron chi connectivity index (χ0n) is 40.9. The fourth-order valence-corrected chi connectivity index (χ4v) is 8.12. The zero-order valence-corrected chi connectivity index (χ0v) is 40.9. The van der Waals surface area contributed by atoms with E-state index in [1.165, 1.54) is 29.2 Å². The molecule has 7 rings (SSSR count). The summed E-state index contributed by atoms with van der Waals surface area (Å²) < 4.78 is 85.2. The van der Waals surface area contributed by atoms with Crippen LogP contribution in [0, 0.1) is 11.6 Å². The molecule has 5 amide bonds. The molecule has 3 heterocycles. The van der Waals surface area contributed by atoms with Crippen LogP contribution in [0.2, 0.25) is 0 Å². The summed E-state index contributed by atoms with van der Waals surface area (Å²) in [5.41, 5.74) is 4.05. The highest BCUT2D eigenvalue weighted by Crippen LogP contribution is 2.31. The third-order valence-corrected chi connectivity index (χ3v) is 12.4. The Morgan fingerprint density at radius 2 is 1.07 bits per heavy atom. The Kier molecular flexibility index (Phi) is 17.7. The van der Waals surface area contributed by atoms with E-state index in [-0.39, 0.29) is 64.1 Å². The third-order valence-electron chi connectivity index (χ3n) is 12.4. The van der Waals surface area contributed by atoms with E-state index in [2.05, 4.69) is 51.7 Å². The molecule has 1 aromatic heterocycles. The normalized spacial score (nSPS) is 14.2. The van der Waals surface area contributed by atoms with Crippen molar-refractivity contribution >= 4 is 35.1 Å². The number of halogens is 6. The maximum Gasteiger partial charge on any atom is 0.324 e. The number of rotatable bonds is 12. The van der Waals surface area contributed by atoms with Crippen LogP contribution < -0.4 is 15.1 Å². The van der Waals surface area contributed by atoms with Crippen LogP contribution in [-0.2, 0) is 28.7 Å². The average molecular weight is 990 g/mol. The molecular formula is C53H61F6N7O5. The molecule has 0 spiro atoms. The predicted molar refractivity (Wildman–Crippen MR) is 259 cm³/mol. The Morgan fingerprint density at radius 1 is 0.620 bits per heavy atom. The maximum absolute atomic E-state index is 15.1. The number of hydrogen-bond acceptors (Lipinski definition) is 7. The van der Waals surface area contributed by atoms with Gasteiger partial charge in [-0.2, -0.15) is 17.6 Å². The minimum absolute atomic E-state index is 0.0163. The number of nitrogens with zero attached hydrogens (tertiary/aromatic N) is 6. The summed E-state index contributed by atoms with van der Waals surface area (Å²) >= 11 is 0. The maximum atomic E-state index is 15.1. The van der Waals surface area contributed by atoms with Crippen molar-refractivity contribution in [3.8, 4) is 11.5 Å². The summed E-state index contributed by atoms with van der Waals surface area (Å²) in [7, 11) is 0. The van der Waals surface area contributed by atoms with Crippen molar-refractivity contribution in [3.63, 3.8) is 0 Å². The molecule has 0 saturated carbocycles. The second kappa shape index (κ2) is 23.5. The molecule has 2 fully saturated rings. The van der Waals surface area contributed by atoms with Gasteiger partial charge in [0, 0.05) is 59.8 Å². The quantitative estimate of drug-likeness (QED) is 0.0972. The van der Waals surface area contributed by atoms with Crippen LogP contribution in [0.3, 0.4) is 0 Å². The minimum Gasteiger partial charge on any atom is -0.415 e. The lowest BCUT2D eigenvalue weighted by atomic mass is 9.87. The van der Waals surface area contributed by atoms with Gasteiger partial charge in [0.25, 0.3) is 11.8 Å². The lowest BCUT2D eigenvalue weighted by Crippen LogP contribution is -2.45. The highest BCUT2D eigenvalue weighted by atomic mass is 19.3. The number of likely N-dealkylation sites (tertiary alicyclic amines) is 2. The Balaban J connectivity index is 0.000000232. The highest BCUT2D eigenvalue weighted by molar-refractivity contribution is 5.99. The van der Waals surface area contributed by atoms with Crippen LogP contribution in [0.15, 0.2) is 89.3 Å². The fourth-order valence-electron chi connectivity index (χ4n) is 8.12. The number of urea groups is 2. The van der Waals surface area contributed by atoms with Crippen LogP contribution in [0.5, 0.6) is 0 Å². The van der Waals surface area contributed by atoms with Gasteiger partial charge in [-0.05, 0) is 103 Å². The SMILES string of the molecule is CC(C)(C)c1ccc(N(Cc2ccc(-c3nnc(C(F)F)o3)cc2F)C(=O)N2CCCCC2)cc1.CC(C)(C)c1ccc(N(Cc2ccc(C(=O)CNC(=O)C(F)F)cc2F)C(=O)N2CCCCC2)cc1. The Bertz CT molecular complexity index is 2620. The minimum atomic E-state index is -3.24. The number of carbonyl (C=O) groups excluding carboxylic acids is 4. The smallest absolute Gasteiger partial charge is 0.324 e. The van der Waals surface area contributed by atoms with Gasteiger partial charge < -0.3 is 19.5 Å². The molecule has 1 N–H and O–H groups in total. The Labute approximate surface area is 410 Å². The molecular weight excluding hydrogens is 929 g/mol. The van der Waals surface area contributed by atoms with E-state index in [4.69, 9.17) is 4.42 Å². The van der Waals surface area contributed by atoms with Crippen molar-refractivity contribution in [3.05, 3.63) is 130 Å². The van der Waals surface area contributed by atoms with Gasteiger partial charge >= 0.3 is 24.9 Å². The van der Waals surface area contributed by atoms with Crippen molar-refractivity contribution in [2.24, 2.45) is 0 Å². The first kappa shape index (κ1) is 53.6. The van der Waals surface area contributed by atoms with Crippen molar-refractivity contribution in [1.29, 1.82) is 0 Å². The van der Waals surface area contributed by atoms with Crippen molar-refractivity contribution in [2.45, 2.75) is 117 Å². The number of hydrogen-bond donors (Lipinski definition) is 1. The van der Waals surface area contributed by atoms with E-state index in [1.807, 2.05) is 53.8 Å². The van der Waals surface area contributed by atoms with E-state index in [9.17, 15) is 36.7 Å². The lowest BCUT2D eigenvalue weighted by Gasteiger charge is -2.33. The highest BCUT2D eigenvalue weighted by Gasteiger charge is 2.29. The molecule has 0 unspecified atom stereocenters. The number of benzene rings is 4. The molecule has 2 aliphatic rings.